The number of halogens is 7. The molecule has 1 amide bonds. The van der Waals surface area contributed by atoms with Gasteiger partial charge in [0, 0.05) is 24.2 Å². The first kappa shape index (κ1) is 34.9. The van der Waals surface area contributed by atoms with Gasteiger partial charge in [0.1, 0.15) is 5.82 Å². The van der Waals surface area contributed by atoms with Gasteiger partial charge in [-0.05, 0) is 106 Å². The molecule has 2 aromatic carbocycles. The third-order valence-corrected chi connectivity index (χ3v) is 8.66. The molecule has 1 heterocycles. The van der Waals surface area contributed by atoms with Gasteiger partial charge in [-0.3, -0.25) is 14.6 Å². The Hall–Kier alpha value is -3.96. The number of likely N-dealkylation sites (N-methyl/N-ethyl adjacent to an activating group) is 1. The third kappa shape index (κ3) is 7.36. The molecule has 4 rings (SSSR count). The molecule has 46 heavy (non-hydrogen) atoms. The van der Waals surface area contributed by atoms with E-state index in [0.29, 0.717) is 66.8 Å². The van der Waals surface area contributed by atoms with Crippen molar-refractivity contribution in [2.45, 2.75) is 77.1 Å². The van der Waals surface area contributed by atoms with Gasteiger partial charge >= 0.3 is 18.3 Å². The number of nitrogens with zero attached hydrogens (tertiary/aromatic N) is 2. The van der Waals surface area contributed by atoms with E-state index in [1.54, 1.807) is 19.9 Å². The number of carbonyl (C=O) groups is 2. The van der Waals surface area contributed by atoms with Crippen LogP contribution < -0.4 is 4.90 Å². The second kappa shape index (κ2) is 13.0. The Bertz CT molecular complexity index is 1570. The second-order valence-corrected chi connectivity index (χ2v) is 12.2. The highest BCUT2D eigenvalue weighted by atomic mass is 19.4. The highest BCUT2D eigenvalue weighted by Crippen LogP contribution is 2.42. The Morgan fingerprint density at radius 3 is 1.96 bits per heavy atom. The molecule has 0 bridgehead atoms. The van der Waals surface area contributed by atoms with Crippen LogP contribution in [0, 0.1) is 18.7 Å². The van der Waals surface area contributed by atoms with Crippen LogP contribution in [0.5, 0.6) is 0 Å². The van der Waals surface area contributed by atoms with Gasteiger partial charge in [-0.2, -0.15) is 26.3 Å². The fraction of sp³-hybridized carbons (Fsp3) is 0.441. The predicted molar refractivity (Wildman–Crippen MR) is 159 cm³/mol. The average Bonchev–Trinajstić information content (AvgIpc) is 2.99. The lowest BCUT2D eigenvalue weighted by Crippen LogP contribution is -2.42. The van der Waals surface area contributed by atoms with Gasteiger partial charge in [0.05, 0.1) is 41.0 Å². The van der Waals surface area contributed by atoms with Crippen LogP contribution in [0.2, 0.25) is 0 Å². The largest absolute Gasteiger partial charge is 0.466 e. The number of rotatable bonds is 7. The fourth-order valence-corrected chi connectivity index (χ4v) is 5.95. The predicted octanol–water partition coefficient (Wildman–Crippen LogP) is 9.01. The molecule has 0 radical (unpaired) electrons. The van der Waals surface area contributed by atoms with E-state index in [-0.39, 0.29) is 29.6 Å². The summed E-state index contributed by atoms with van der Waals surface area (Å²) in [7, 11) is 1.37. The van der Waals surface area contributed by atoms with Crippen LogP contribution in [0.1, 0.15) is 80.3 Å². The summed E-state index contributed by atoms with van der Waals surface area (Å²) in [5.41, 5.74) is -2.84. The number of alkyl halides is 6. The highest BCUT2D eigenvalue weighted by Gasteiger charge is 2.41. The van der Waals surface area contributed by atoms with Crippen molar-refractivity contribution < 1.29 is 45.1 Å². The Kier molecular flexibility index (Phi) is 9.89. The van der Waals surface area contributed by atoms with Gasteiger partial charge in [0.25, 0.3) is 0 Å². The van der Waals surface area contributed by atoms with Crippen molar-refractivity contribution in [1.29, 1.82) is 0 Å². The number of hydrogen-bond acceptors (Lipinski definition) is 4. The highest BCUT2D eigenvalue weighted by molar-refractivity contribution is 6.03. The standard InChI is InChI=1S/C34H35F7N2O3/c1-6-46-30(44)21-9-7-20(8-10-21)28-17-27(26-12-11-25(35)13-19(26)2)29(18-42-28)43(5)31(45)32(3,4)22-14-23(33(36,37)38)16-24(15-22)34(39,40)41/h11-18,20-21H,6-10H2,1-5H3. The summed E-state index contributed by atoms with van der Waals surface area (Å²) >= 11 is 0. The van der Waals surface area contributed by atoms with Crippen LogP contribution in [0.3, 0.4) is 0 Å². The molecule has 1 aliphatic carbocycles. The molecule has 5 nitrogen and oxygen atoms in total. The molecule has 0 N–H and O–H groups in total. The fourth-order valence-electron chi connectivity index (χ4n) is 5.95. The van der Waals surface area contributed by atoms with E-state index in [4.69, 9.17) is 4.74 Å². The van der Waals surface area contributed by atoms with Gasteiger partial charge in [-0.1, -0.05) is 6.07 Å². The van der Waals surface area contributed by atoms with Crippen molar-refractivity contribution in [3.05, 3.63) is 82.4 Å². The van der Waals surface area contributed by atoms with Gasteiger partial charge in [0.2, 0.25) is 5.91 Å². The normalized spacial score (nSPS) is 17.5. The number of pyridine rings is 1. The molecule has 0 spiro atoms. The van der Waals surface area contributed by atoms with E-state index in [2.05, 4.69) is 4.98 Å². The Labute approximate surface area is 262 Å². The number of hydrogen-bond donors (Lipinski definition) is 0. The van der Waals surface area contributed by atoms with Gasteiger partial charge in [-0.25, -0.2) is 4.39 Å². The zero-order chi connectivity index (χ0) is 34.2. The third-order valence-electron chi connectivity index (χ3n) is 8.66. The summed E-state index contributed by atoms with van der Waals surface area (Å²) in [6, 6.07) is 7.01. The molecule has 1 aliphatic rings. The molecule has 0 saturated heterocycles. The molecule has 1 aromatic heterocycles. The Morgan fingerprint density at radius 2 is 1.43 bits per heavy atom. The summed E-state index contributed by atoms with van der Waals surface area (Å²) in [5.74, 6) is -1.75. The summed E-state index contributed by atoms with van der Waals surface area (Å²) in [6.07, 6.45) is -6.23. The maximum Gasteiger partial charge on any atom is 0.416 e. The van der Waals surface area contributed by atoms with Crippen LogP contribution in [0.15, 0.2) is 48.7 Å². The van der Waals surface area contributed by atoms with E-state index in [0.717, 1.165) is 4.90 Å². The molecule has 3 aromatic rings. The Morgan fingerprint density at radius 1 is 0.870 bits per heavy atom. The van der Waals surface area contributed by atoms with Crippen LogP contribution in [0.25, 0.3) is 11.1 Å². The number of aryl methyl sites for hydroxylation is 1. The number of esters is 1. The number of anilines is 1. The number of amides is 1. The first-order chi connectivity index (χ1) is 21.3. The van der Waals surface area contributed by atoms with Crippen LogP contribution >= 0.6 is 0 Å². The quantitative estimate of drug-likeness (QED) is 0.189. The number of carbonyl (C=O) groups excluding carboxylic acids is 2. The van der Waals surface area contributed by atoms with Gasteiger partial charge in [0.15, 0.2) is 0 Å². The van der Waals surface area contributed by atoms with Crippen molar-refractivity contribution in [2.24, 2.45) is 5.92 Å². The molecule has 12 heteroatoms. The minimum atomic E-state index is -5.08. The lowest BCUT2D eigenvalue weighted by molar-refractivity contribution is -0.149. The molecule has 0 atom stereocenters. The monoisotopic (exact) mass is 652 g/mol. The van der Waals surface area contributed by atoms with Crippen LogP contribution in [-0.2, 0) is 32.1 Å². The summed E-state index contributed by atoms with van der Waals surface area (Å²) in [4.78, 5) is 32.0. The minimum Gasteiger partial charge on any atom is -0.466 e. The smallest absolute Gasteiger partial charge is 0.416 e. The first-order valence-electron chi connectivity index (χ1n) is 14.9. The molecule has 1 saturated carbocycles. The number of aromatic nitrogens is 1. The van der Waals surface area contributed by atoms with Crippen molar-refractivity contribution >= 4 is 17.6 Å². The molecule has 1 fully saturated rings. The van der Waals surface area contributed by atoms with Crippen molar-refractivity contribution in [3.63, 3.8) is 0 Å². The lowest BCUT2D eigenvalue weighted by Gasteiger charge is -2.32. The van der Waals surface area contributed by atoms with E-state index in [1.165, 1.54) is 45.3 Å². The SMILES string of the molecule is CCOC(=O)C1CCC(c2cc(-c3ccc(F)cc3C)c(N(C)C(=O)C(C)(C)c3cc(C(F)(F)F)cc(C(F)(F)F)c3)cn2)CC1. The zero-order valence-corrected chi connectivity index (χ0v) is 26.1. The Balaban J connectivity index is 1.75. The minimum absolute atomic E-state index is 0.0199. The maximum absolute atomic E-state index is 14.1. The van der Waals surface area contributed by atoms with Crippen molar-refractivity contribution in [2.75, 3.05) is 18.6 Å². The average molecular weight is 653 g/mol. The first-order valence-corrected chi connectivity index (χ1v) is 14.9. The van der Waals surface area contributed by atoms with Crippen molar-refractivity contribution in [1.82, 2.24) is 4.98 Å². The molecule has 248 valence electrons. The maximum atomic E-state index is 14.1. The topological polar surface area (TPSA) is 59.5 Å². The molecular formula is C34H35F7N2O3. The zero-order valence-electron chi connectivity index (χ0n) is 26.1. The van der Waals surface area contributed by atoms with E-state index in [9.17, 15) is 40.3 Å². The van der Waals surface area contributed by atoms with E-state index >= 15 is 0 Å². The van der Waals surface area contributed by atoms with Gasteiger partial charge < -0.3 is 9.64 Å². The van der Waals surface area contributed by atoms with E-state index in [1.807, 2.05) is 0 Å². The van der Waals surface area contributed by atoms with Crippen molar-refractivity contribution in [3.8, 4) is 11.1 Å². The molecule has 0 aliphatic heterocycles. The molecule has 0 unspecified atom stereocenters. The summed E-state index contributed by atoms with van der Waals surface area (Å²) in [6.45, 7) is 6.24. The van der Waals surface area contributed by atoms with Crippen LogP contribution in [-0.4, -0.2) is 30.5 Å². The second-order valence-electron chi connectivity index (χ2n) is 12.2. The number of ether oxygens (including phenoxy) is 1. The summed E-state index contributed by atoms with van der Waals surface area (Å²) in [5, 5.41) is 0. The summed E-state index contributed by atoms with van der Waals surface area (Å²) < 4.78 is 101. The van der Waals surface area contributed by atoms with E-state index < -0.39 is 46.2 Å². The number of benzene rings is 2. The molecular weight excluding hydrogens is 617 g/mol. The van der Waals surface area contributed by atoms with Crippen LogP contribution in [0.4, 0.5) is 36.4 Å². The lowest BCUT2D eigenvalue weighted by atomic mass is 9.79. The van der Waals surface area contributed by atoms with Gasteiger partial charge in [-0.15, -0.1) is 0 Å².